The van der Waals surface area contributed by atoms with Crippen molar-refractivity contribution in [3.63, 3.8) is 0 Å². The molecule has 1 aliphatic heterocycles. The van der Waals surface area contributed by atoms with Crippen molar-refractivity contribution in [2.45, 2.75) is 72.6 Å². The first-order valence-electron chi connectivity index (χ1n) is 10.1. The summed E-state index contributed by atoms with van der Waals surface area (Å²) in [5.74, 6) is -0.927. The van der Waals surface area contributed by atoms with E-state index in [-0.39, 0.29) is 6.54 Å². The molecule has 164 valence electrons. The second kappa shape index (κ2) is 7.53. The molecule has 4 nitrogen and oxygen atoms in total. The van der Waals surface area contributed by atoms with Crippen molar-refractivity contribution >= 4 is 28.5 Å². The highest BCUT2D eigenvalue weighted by molar-refractivity contribution is 14.1. The topological polar surface area (TPSA) is 38.1 Å². The van der Waals surface area contributed by atoms with E-state index in [4.69, 9.17) is 5.10 Å². The number of alkyl halides is 3. The number of nitrogens with zero attached hydrogens (tertiary/aromatic N) is 3. The fourth-order valence-corrected chi connectivity index (χ4v) is 4.74. The zero-order chi connectivity index (χ0) is 22.6. The van der Waals surface area contributed by atoms with Crippen molar-refractivity contribution < 1.29 is 18.0 Å². The van der Waals surface area contributed by atoms with Crippen LogP contribution in [0.25, 0.3) is 5.69 Å². The first-order valence-corrected chi connectivity index (χ1v) is 11.1. The summed E-state index contributed by atoms with van der Waals surface area (Å²) in [7, 11) is 0. The summed E-state index contributed by atoms with van der Waals surface area (Å²) in [6.45, 7) is 9.72. The number of hydrogen-bond donors (Lipinski definition) is 0. The molecule has 0 saturated carbocycles. The van der Waals surface area contributed by atoms with E-state index in [0.717, 1.165) is 52.8 Å². The maximum Gasteiger partial charge on any atom is 0.402 e. The third-order valence-corrected chi connectivity index (χ3v) is 7.26. The molecule has 1 amide bonds. The zero-order valence-corrected chi connectivity index (χ0v) is 20.3. The summed E-state index contributed by atoms with van der Waals surface area (Å²) in [5, 5.41) is 4.84. The fourth-order valence-electron chi connectivity index (χ4n) is 3.96. The van der Waals surface area contributed by atoms with E-state index < -0.39 is 23.0 Å². The van der Waals surface area contributed by atoms with Crippen LogP contribution in [0.4, 0.5) is 13.2 Å². The molecule has 0 fully saturated rings. The Hall–Kier alpha value is -1.58. The zero-order valence-electron chi connectivity index (χ0n) is 18.1. The molecule has 1 aromatic heterocycles. The lowest BCUT2D eigenvalue weighted by Gasteiger charge is -2.38. The van der Waals surface area contributed by atoms with Crippen LogP contribution in [-0.2, 0) is 29.7 Å². The van der Waals surface area contributed by atoms with Crippen LogP contribution in [0.5, 0.6) is 0 Å². The van der Waals surface area contributed by atoms with Crippen molar-refractivity contribution in [1.82, 2.24) is 14.7 Å². The van der Waals surface area contributed by atoms with Gasteiger partial charge in [0.25, 0.3) is 0 Å². The van der Waals surface area contributed by atoms with Gasteiger partial charge < -0.3 is 4.90 Å². The molecule has 1 aliphatic rings. The van der Waals surface area contributed by atoms with Crippen molar-refractivity contribution in [3.05, 3.63) is 44.3 Å². The van der Waals surface area contributed by atoms with E-state index in [1.54, 1.807) is 13.8 Å². The van der Waals surface area contributed by atoms with Gasteiger partial charge in [0, 0.05) is 5.56 Å². The second-order valence-corrected chi connectivity index (χ2v) is 9.76. The minimum Gasteiger partial charge on any atom is -0.327 e. The van der Waals surface area contributed by atoms with E-state index >= 15 is 0 Å². The number of aryl methyl sites for hydroxylation is 2. The number of aromatic nitrogens is 2. The standard InChI is InChI=1S/C22H27F3IN3O/c1-7-13-10-9-11-14(8-2)16(13)29-18(26)15-12-28(21(5,6)17(15)27-29)19(30)20(3,4)22(23,24)25/h9-11H,7-8,12H2,1-6H3. The van der Waals surface area contributed by atoms with Gasteiger partial charge in [-0.1, -0.05) is 32.0 Å². The molecular weight excluding hydrogens is 506 g/mol. The first kappa shape index (κ1) is 23.1. The van der Waals surface area contributed by atoms with Crippen LogP contribution in [0.15, 0.2) is 18.2 Å². The van der Waals surface area contributed by atoms with Gasteiger partial charge in [0.05, 0.1) is 23.5 Å². The molecule has 0 spiro atoms. The van der Waals surface area contributed by atoms with Crippen LogP contribution in [0, 0.1) is 9.12 Å². The molecular formula is C22H27F3IN3O. The van der Waals surface area contributed by atoms with E-state index in [1.807, 2.05) is 10.7 Å². The van der Waals surface area contributed by atoms with E-state index in [0.29, 0.717) is 5.69 Å². The summed E-state index contributed by atoms with van der Waals surface area (Å²) in [6.07, 6.45) is -2.93. The molecule has 2 aromatic rings. The summed E-state index contributed by atoms with van der Waals surface area (Å²) in [4.78, 5) is 14.2. The lowest BCUT2D eigenvalue weighted by Crippen LogP contribution is -2.52. The molecule has 2 heterocycles. The van der Waals surface area contributed by atoms with Gasteiger partial charge in [-0.3, -0.25) is 4.79 Å². The van der Waals surface area contributed by atoms with E-state index in [9.17, 15) is 18.0 Å². The summed E-state index contributed by atoms with van der Waals surface area (Å²) >= 11 is 2.20. The van der Waals surface area contributed by atoms with Gasteiger partial charge >= 0.3 is 6.18 Å². The molecule has 0 bridgehead atoms. The molecule has 0 radical (unpaired) electrons. The van der Waals surface area contributed by atoms with Gasteiger partial charge in [-0.2, -0.15) is 18.3 Å². The predicted octanol–water partition coefficient (Wildman–Crippen LogP) is 5.77. The average molecular weight is 533 g/mol. The Bertz CT molecular complexity index is 970. The fraction of sp³-hybridized carbons (Fsp3) is 0.545. The molecule has 3 rings (SSSR count). The number of halogens is 4. The van der Waals surface area contributed by atoms with Gasteiger partial charge in [0.1, 0.15) is 9.12 Å². The number of fused-ring (bicyclic) bond motifs is 1. The Morgan fingerprint density at radius 1 is 1.17 bits per heavy atom. The van der Waals surface area contributed by atoms with Crippen LogP contribution in [0.2, 0.25) is 0 Å². The van der Waals surface area contributed by atoms with Gasteiger partial charge in [0.2, 0.25) is 5.91 Å². The Morgan fingerprint density at radius 3 is 2.13 bits per heavy atom. The Balaban J connectivity index is 2.10. The maximum absolute atomic E-state index is 13.5. The van der Waals surface area contributed by atoms with Crippen LogP contribution in [0.1, 0.15) is 63.9 Å². The quantitative estimate of drug-likeness (QED) is 0.469. The van der Waals surface area contributed by atoms with Crippen LogP contribution in [0.3, 0.4) is 0 Å². The normalized spacial score (nSPS) is 16.1. The molecule has 0 N–H and O–H groups in total. The lowest BCUT2D eigenvalue weighted by atomic mass is 9.88. The first-order chi connectivity index (χ1) is 13.8. The minimum absolute atomic E-state index is 0.120. The average Bonchev–Trinajstić information content (AvgIpc) is 3.13. The Kier molecular flexibility index (Phi) is 5.79. The van der Waals surface area contributed by atoms with Crippen molar-refractivity contribution in [1.29, 1.82) is 0 Å². The molecule has 0 aliphatic carbocycles. The monoisotopic (exact) mass is 533 g/mol. The number of amides is 1. The van der Waals surface area contributed by atoms with E-state index in [1.165, 1.54) is 4.90 Å². The van der Waals surface area contributed by atoms with Gasteiger partial charge in [0.15, 0.2) is 0 Å². The highest BCUT2D eigenvalue weighted by atomic mass is 127. The second-order valence-electron chi connectivity index (χ2n) is 8.73. The van der Waals surface area contributed by atoms with E-state index in [2.05, 4.69) is 48.6 Å². The molecule has 8 heteroatoms. The lowest BCUT2D eigenvalue weighted by molar-refractivity contribution is -0.220. The third-order valence-electron chi connectivity index (χ3n) is 6.16. The number of carbonyl (C=O) groups excluding carboxylic acids is 1. The van der Waals surface area contributed by atoms with Gasteiger partial charge in [-0.15, -0.1) is 0 Å². The maximum atomic E-state index is 13.5. The Morgan fingerprint density at radius 2 is 1.70 bits per heavy atom. The van der Waals surface area contributed by atoms with Crippen molar-refractivity contribution in [2.75, 3.05) is 0 Å². The molecule has 0 unspecified atom stereocenters. The number of rotatable bonds is 4. The molecule has 0 atom stereocenters. The highest BCUT2D eigenvalue weighted by Gasteiger charge is 2.58. The highest BCUT2D eigenvalue weighted by Crippen LogP contribution is 2.46. The Labute approximate surface area is 189 Å². The van der Waals surface area contributed by atoms with Crippen molar-refractivity contribution in [2.24, 2.45) is 5.41 Å². The van der Waals surface area contributed by atoms with Crippen LogP contribution in [-0.4, -0.2) is 26.8 Å². The predicted molar refractivity (Wildman–Crippen MR) is 118 cm³/mol. The third kappa shape index (κ3) is 3.35. The molecule has 30 heavy (non-hydrogen) atoms. The summed E-state index contributed by atoms with van der Waals surface area (Å²) in [5.41, 5.74) is 1.44. The van der Waals surface area contributed by atoms with Crippen LogP contribution < -0.4 is 0 Å². The number of para-hydroxylation sites is 1. The van der Waals surface area contributed by atoms with Crippen molar-refractivity contribution in [3.8, 4) is 5.69 Å². The molecule has 0 saturated heterocycles. The number of benzene rings is 1. The largest absolute Gasteiger partial charge is 0.402 e. The summed E-state index contributed by atoms with van der Waals surface area (Å²) in [6, 6.07) is 6.18. The SMILES string of the molecule is CCc1cccc(CC)c1-n1nc2c(c1I)CN(C(=O)C(C)(C)C(F)(F)F)C2(C)C. The van der Waals surface area contributed by atoms with Crippen LogP contribution >= 0.6 is 22.6 Å². The smallest absolute Gasteiger partial charge is 0.327 e. The number of carbonyl (C=O) groups is 1. The molecule has 1 aromatic carbocycles. The number of hydrogen-bond acceptors (Lipinski definition) is 2. The van der Waals surface area contributed by atoms with Gasteiger partial charge in [-0.25, -0.2) is 4.68 Å². The minimum atomic E-state index is -4.62. The van der Waals surface area contributed by atoms with Gasteiger partial charge in [-0.05, 0) is 74.3 Å². The summed E-state index contributed by atoms with van der Waals surface area (Å²) < 4.78 is 43.3.